The van der Waals surface area contributed by atoms with E-state index >= 15 is 0 Å². The Morgan fingerprint density at radius 2 is 2.11 bits per heavy atom. The molecule has 1 aromatic rings. The zero-order valence-electron chi connectivity index (χ0n) is 10.6. The highest BCUT2D eigenvalue weighted by Crippen LogP contribution is 2.30. The van der Waals surface area contributed by atoms with Gasteiger partial charge in [-0.15, -0.1) is 0 Å². The molecule has 0 heterocycles. The molecule has 4 heteroatoms. The number of benzene rings is 1. The highest BCUT2D eigenvalue weighted by atomic mass is 79.9. The first kappa shape index (κ1) is 13.4. The van der Waals surface area contributed by atoms with Crippen molar-refractivity contribution in [2.75, 3.05) is 0 Å². The molecule has 0 aromatic heterocycles. The molecule has 3 nitrogen and oxygen atoms in total. The molecule has 98 valence electrons. The fraction of sp³-hybridized carbons (Fsp3) is 0.500. The summed E-state index contributed by atoms with van der Waals surface area (Å²) >= 11 is 3.43. The van der Waals surface area contributed by atoms with Gasteiger partial charge >= 0.3 is 0 Å². The Kier molecular flexibility index (Phi) is 4.27. The minimum absolute atomic E-state index is 0.0689. The van der Waals surface area contributed by atoms with Crippen molar-refractivity contribution in [3.05, 3.63) is 28.2 Å². The third-order valence-corrected chi connectivity index (χ3v) is 4.21. The summed E-state index contributed by atoms with van der Waals surface area (Å²) in [5.74, 6) is 1.54. The first-order chi connectivity index (χ1) is 8.58. The van der Waals surface area contributed by atoms with Crippen LogP contribution in [0.5, 0.6) is 5.75 Å². The Morgan fingerprint density at radius 1 is 1.39 bits per heavy atom. The second kappa shape index (κ2) is 5.74. The van der Waals surface area contributed by atoms with Crippen molar-refractivity contribution in [1.82, 2.24) is 0 Å². The molecule has 2 rings (SSSR count). The first-order valence-corrected chi connectivity index (χ1v) is 7.18. The molecule has 0 bridgehead atoms. The third kappa shape index (κ3) is 3.05. The van der Waals surface area contributed by atoms with Gasteiger partial charge in [0.15, 0.2) is 0 Å². The summed E-state index contributed by atoms with van der Waals surface area (Å²) in [6.07, 6.45) is 5.26. The van der Waals surface area contributed by atoms with Gasteiger partial charge in [0.2, 0.25) is 0 Å². The first-order valence-electron chi connectivity index (χ1n) is 6.38. The number of nitrogen functional groups attached to an aromatic ring is 1. The topological polar surface area (TPSA) is 59.1 Å². The summed E-state index contributed by atoms with van der Waals surface area (Å²) in [6, 6.07) is 5.62. The second-order valence-corrected chi connectivity index (χ2v) is 5.83. The van der Waals surface area contributed by atoms with Gasteiger partial charge in [0.1, 0.15) is 17.7 Å². The number of rotatable bonds is 3. The van der Waals surface area contributed by atoms with Gasteiger partial charge in [0.05, 0.1) is 0 Å². The van der Waals surface area contributed by atoms with Crippen LogP contribution < -0.4 is 10.5 Å². The number of hydrogen-bond donors (Lipinski definition) is 2. The molecule has 0 saturated heterocycles. The van der Waals surface area contributed by atoms with Crippen LogP contribution >= 0.6 is 15.9 Å². The van der Waals surface area contributed by atoms with Crippen molar-refractivity contribution in [3.8, 4) is 5.75 Å². The Bertz CT molecular complexity index is 447. The van der Waals surface area contributed by atoms with E-state index in [0.29, 0.717) is 17.6 Å². The molecular formula is C14H19BrN2O. The fourth-order valence-electron chi connectivity index (χ4n) is 2.42. The highest BCUT2D eigenvalue weighted by Gasteiger charge is 2.23. The highest BCUT2D eigenvalue weighted by molar-refractivity contribution is 9.10. The maximum Gasteiger partial charge on any atom is 0.123 e. The van der Waals surface area contributed by atoms with E-state index in [-0.39, 0.29) is 5.84 Å². The van der Waals surface area contributed by atoms with Crippen LogP contribution in [0.15, 0.2) is 22.7 Å². The van der Waals surface area contributed by atoms with E-state index in [1.165, 1.54) is 19.3 Å². The monoisotopic (exact) mass is 310 g/mol. The molecule has 1 fully saturated rings. The van der Waals surface area contributed by atoms with Crippen LogP contribution in [0.25, 0.3) is 0 Å². The van der Waals surface area contributed by atoms with Crippen molar-refractivity contribution >= 4 is 21.8 Å². The van der Waals surface area contributed by atoms with Gasteiger partial charge in [-0.3, -0.25) is 5.41 Å². The fourth-order valence-corrected chi connectivity index (χ4v) is 2.99. The number of amidine groups is 1. The van der Waals surface area contributed by atoms with Crippen LogP contribution in [0.2, 0.25) is 0 Å². The van der Waals surface area contributed by atoms with Crippen LogP contribution in [0.4, 0.5) is 0 Å². The summed E-state index contributed by atoms with van der Waals surface area (Å²) in [6.45, 7) is 2.25. The zero-order chi connectivity index (χ0) is 13.1. The van der Waals surface area contributed by atoms with Crippen molar-refractivity contribution in [1.29, 1.82) is 5.41 Å². The van der Waals surface area contributed by atoms with Crippen LogP contribution in [-0.4, -0.2) is 11.9 Å². The van der Waals surface area contributed by atoms with Gasteiger partial charge in [-0.05, 0) is 59.3 Å². The van der Waals surface area contributed by atoms with E-state index in [1.807, 2.05) is 18.2 Å². The van der Waals surface area contributed by atoms with E-state index < -0.39 is 0 Å². The summed E-state index contributed by atoms with van der Waals surface area (Å²) in [7, 11) is 0. The third-order valence-electron chi connectivity index (χ3n) is 3.55. The number of halogens is 1. The lowest BCUT2D eigenvalue weighted by Gasteiger charge is -2.29. The average Bonchev–Trinajstić information content (AvgIpc) is 2.32. The lowest BCUT2D eigenvalue weighted by Crippen LogP contribution is -2.28. The minimum atomic E-state index is 0.0689. The van der Waals surface area contributed by atoms with Gasteiger partial charge < -0.3 is 10.5 Å². The second-order valence-electron chi connectivity index (χ2n) is 4.97. The Balaban J connectivity index is 2.10. The smallest absolute Gasteiger partial charge is 0.123 e. The Labute approximate surface area is 116 Å². The van der Waals surface area contributed by atoms with Gasteiger partial charge in [0.25, 0.3) is 0 Å². The van der Waals surface area contributed by atoms with E-state index in [9.17, 15) is 0 Å². The van der Waals surface area contributed by atoms with Crippen molar-refractivity contribution in [2.24, 2.45) is 11.7 Å². The predicted molar refractivity (Wildman–Crippen MR) is 77.2 cm³/mol. The van der Waals surface area contributed by atoms with Crippen molar-refractivity contribution in [3.63, 3.8) is 0 Å². The SMILES string of the molecule is CC1CCCCC1Oc1ccc(C(=N)N)c(Br)c1. The molecular weight excluding hydrogens is 292 g/mol. The quantitative estimate of drug-likeness (QED) is 0.660. The molecule has 2 unspecified atom stereocenters. The van der Waals surface area contributed by atoms with E-state index in [1.54, 1.807) is 0 Å². The molecule has 3 N–H and O–H groups in total. The molecule has 0 amide bonds. The number of nitrogens with one attached hydrogen (secondary N) is 1. The Hall–Kier alpha value is -1.03. The molecule has 2 atom stereocenters. The summed E-state index contributed by atoms with van der Waals surface area (Å²) < 4.78 is 6.86. The number of nitrogens with two attached hydrogens (primary N) is 1. The van der Waals surface area contributed by atoms with Gasteiger partial charge in [-0.1, -0.05) is 13.3 Å². The zero-order valence-corrected chi connectivity index (χ0v) is 12.2. The Morgan fingerprint density at radius 3 is 2.72 bits per heavy atom. The molecule has 0 radical (unpaired) electrons. The lowest BCUT2D eigenvalue weighted by molar-refractivity contribution is 0.102. The van der Waals surface area contributed by atoms with Gasteiger partial charge in [0, 0.05) is 10.0 Å². The predicted octanol–water partition coefficient (Wildman–Crippen LogP) is 3.69. The number of hydrogen-bond acceptors (Lipinski definition) is 2. The lowest BCUT2D eigenvalue weighted by atomic mass is 9.88. The molecule has 1 aliphatic carbocycles. The van der Waals surface area contributed by atoms with Gasteiger partial charge in [-0.25, -0.2) is 0 Å². The normalized spacial score (nSPS) is 23.7. The summed E-state index contributed by atoms with van der Waals surface area (Å²) in [4.78, 5) is 0. The average molecular weight is 311 g/mol. The van der Waals surface area contributed by atoms with E-state index in [4.69, 9.17) is 15.9 Å². The number of ether oxygens (including phenoxy) is 1. The summed E-state index contributed by atoms with van der Waals surface area (Å²) in [5.41, 5.74) is 6.19. The maximum absolute atomic E-state index is 7.44. The molecule has 0 aliphatic heterocycles. The molecule has 18 heavy (non-hydrogen) atoms. The van der Waals surface area contributed by atoms with Crippen molar-refractivity contribution in [2.45, 2.75) is 38.7 Å². The van der Waals surface area contributed by atoms with Crippen molar-refractivity contribution < 1.29 is 4.74 Å². The molecule has 0 spiro atoms. The minimum Gasteiger partial charge on any atom is -0.490 e. The van der Waals surface area contributed by atoms with E-state index in [2.05, 4.69) is 22.9 Å². The van der Waals surface area contributed by atoms with Crippen LogP contribution in [0.1, 0.15) is 38.2 Å². The maximum atomic E-state index is 7.44. The van der Waals surface area contributed by atoms with Gasteiger partial charge in [-0.2, -0.15) is 0 Å². The van der Waals surface area contributed by atoms with E-state index in [0.717, 1.165) is 16.6 Å². The molecule has 1 saturated carbocycles. The molecule has 1 aliphatic rings. The van der Waals surface area contributed by atoms with Crippen LogP contribution in [0, 0.1) is 11.3 Å². The van der Waals surface area contributed by atoms with Crippen LogP contribution in [0.3, 0.4) is 0 Å². The summed E-state index contributed by atoms with van der Waals surface area (Å²) in [5, 5.41) is 7.44. The van der Waals surface area contributed by atoms with Crippen LogP contribution in [-0.2, 0) is 0 Å². The molecule has 1 aromatic carbocycles. The standard InChI is InChI=1S/C14H19BrN2O/c1-9-4-2-3-5-13(9)18-10-6-7-11(14(16)17)12(15)8-10/h6-9,13H,2-5H2,1H3,(H3,16,17). The largest absolute Gasteiger partial charge is 0.490 e.